The number of hydrogen-bond acceptors (Lipinski definition) is 2. The third-order valence-corrected chi connectivity index (χ3v) is 4.58. The van der Waals surface area contributed by atoms with Crippen LogP contribution < -0.4 is 5.73 Å². The van der Waals surface area contributed by atoms with Gasteiger partial charge in [0.05, 0.1) is 0 Å². The molecule has 1 aliphatic carbocycles. The lowest BCUT2D eigenvalue weighted by Crippen LogP contribution is -2.52. The largest absolute Gasteiger partial charge is 0.327 e. The Morgan fingerprint density at radius 1 is 1.33 bits per heavy atom. The molecule has 0 aromatic heterocycles. The number of rotatable bonds is 3. The average Bonchev–Trinajstić information content (AvgIpc) is 2.14. The van der Waals surface area contributed by atoms with Crippen LogP contribution in [0, 0.1) is 11.8 Å². The maximum atomic E-state index is 6.15. The summed E-state index contributed by atoms with van der Waals surface area (Å²) in [7, 11) is 0. The zero-order valence-corrected chi connectivity index (χ0v) is 10.3. The summed E-state index contributed by atoms with van der Waals surface area (Å²) in [6.07, 6.45) is 6.88. The van der Waals surface area contributed by atoms with Crippen molar-refractivity contribution in [1.29, 1.82) is 0 Å². The highest BCUT2D eigenvalue weighted by atomic mass is 15.2. The van der Waals surface area contributed by atoms with Gasteiger partial charge in [0.2, 0.25) is 0 Å². The van der Waals surface area contributed by atoms with Crippen LogP contribution >= 0.6 is 0 Å². The van der Waals surface area contributed by atoms with E-state index < -0.39 is 0 Å². The Morgan fingerprint density at radius 2 is 2.07 bits per heavy atom. The molecule has 2 N–H and O–H groups in total. The Kier molecular flexibility index (Phi) is 3.68. The minimum Gasteiger partial charge on any atom is -0.327 e. The van der Waals surface area contributed by atoms with E-state index in [0.29, 0.717) is 6.04 Å². The summed E-state index contributed by atoms with van der Waals surface area (Å²) in [4.78, 5) is 2.66. The molecule has 0 radical (unpaired) electrons. The minimum atomic E-state index is 0.422. The Balaban J connectivity index is 1.89. The van der Waals surface area contributed by atoms with E-state index in [-0.39, 0.29) is 0 Å². The average molecular weight is 210 g/mol. The lowest BCUT2D eigenvalue weighted by Gasteiger charge is -2.44. The molecule has 2 heteroatoms. The van der Waals surface area contributed by atoms with Crippen molar-refractivity contribution in [3.05, 3.63) is 0 Å². The molecule has 1 saturated carbocycles. The zero-order valence-electron chi connectivity index (χ0n) is 10.3. The van der Waals surface area contributed by atoms with Crippen molar-refractivity contribution in [3.8, 4) is 0 Å². The predicted octanol–water partition coefficient (Wildman–Crippen LogP) is 2.23. The molecule has 15 heavy (non-hydrogen) atoms. The maximum Gasteiger partial charge on any atom is 0.0171 e. The lowest BCUT2D eigenvalue weighted by atomic mass is 9.78. The van der Waals surface area contributed by atoms with E-state index in [4.69, 9.17) is 5.73 Å². The van der Waals surface area contributed by atoms with Crippen LogP contribution in [-0.2, 0) is 0 Å². The SMILES string of the molecule is CCC1CC(N)CN(C(C)C2CCC2)C1. The highest BCUT2D eigenvalue weighted by Gasteiger charge is 2.32. The molecule has 2 rings (SSSR count). The van der Waals surface area contributed by atoms with Crippen molar-refractivity contribution in [2.75, 3.05) is 13.1 Å². The topological polar surface area (TPSA) is 29.3 Å². The smallest absolute Gasteiger partial charge is 0.0171 e. The minimum absolute atomic E-state index is 0.422. The van der Waals surface area contributed by atoms with Gasteiger partial charge in [0.25, 0.3) is 0 Å². The van der Waals surface area contributed by atoms with Gasteiger partial charge in [0, 0.05) is 25.2 Å². The first-order chi connectivity index (χ1) is 7.20. The molecule has 2 aliphatic rings. The molecule has 88 valence electrons. The fraction of sp³-hybridized carbons (Fsp3) is 1.00. The van der Waals surface area contributed by atoms with Crippen LogP contribution in [0.3, 0.4) is 0 Å². The second-order valence-corrected chi connectivity index (χ2v) is 5.66. The van der Waals surface area contributed by atoms with Gasteiger partial charge in [-0.2, -0.15) is 0 Å². The van der Waals surface area contributed by atoms with Crippen molar-refractivity contribution in [2.24, 2.45) is 17.6 Å². The molecule has 0 aromatic carbocycles. The van der Waals surface area contributed by atoms with Crippen molar-refractivity contribution in [1.82, 2.24) is 4.90 Å². The summed E-state index contributed by atoms with van der Waals surface area (Å²) in [6.45, 7) is 7.14. The second-order valence-electron chi connectivity index (χ2n) is 5.66. The molecule has 0 spiro atoms. The molecule has 1 heterocycles. The summed E-state index contributed by atoms with van der Waals surface area (Å²) in [5.41, 5.74) is 6.15. The first-order valence-corrected chi connectivity index (χ1v) is 6.70. The Bertz CT molecular complexity index is 201. The molecule has 0 aromatic rings. The van der Waals surface area contributed by atoms with Gasteiger partial charge < -0.3 is 5.73 Å². The molecule has 0 amide bonds. The van der Waals surface area contributed by atoms with Gasteiger partial charge >= 0.3 is 0 Å². The van der Waals surface area contributed by atoms with Crippen LogP contribution in [0.2, 0.25) is 0 Å². The van der Waals surface area contributed by atoms with Crippen LogP contribution in [-0.4, -0.2) is 30.1 Å². The van der Waals surface area contributed by atoms with E-state index in [1.807, 2.05) is 0 Å². The maximum absolute atomic E-state index is 6.15. The van der Waals surface area contributed by atoms with Crippen LogP contribution in [0.5, 0.6) is 0 Å². The second kappa shape index (κ2) is 4.84. The van der Waals surface area contributed by atoms with Crippen molar-refractivity contribution in [3.63, 3.8) is 0 Å². The fourth-order valence-electron chi connectivity index (χ4n) is 3.13. The number of hydrogen-bond donors (Lipinski definition) is 1. The van der Waals surface area contributed by atoms with Gasteiger partial charge in [-0.05, 0) is 38.0 Å². The molecule has 3 unspecified atom stereocenters. The molecule has 1 saturated heterocycles. The normalized spacial score (nSPS) is 36.2. The monoisotopic (exact) mass is 210 g/mol. The van der Waals surface area contributed by atoms with Crippen LogP contribution in [0.1, 0.15) is 46.0 Å². The quantitative estimate of drug-likeness (QED) is 0.774. The summed E-state index contributed by atoms with van der Waals surface area (Å²) in [5, 5.41) is 0. The molecule has 2 fully saturated rings. The van der Waals surface area contributed by atoms with E-state index in [1.54, 1.807) is 0 Å². The van der Waals surface area contributed by atoms with Crippen molar-refractivity contribution < 1.29 is 0 Å². The molecule has 3 atom stereocenters. The summed E-state index contributed by atoms with van der Waals surface area (Å²) >= 11 is 0. The first-order valence-electron chi connectivity index (χ1n) is 6.70. The zero-order chi connectivity index (χ0) is 10.8. The van der Waals surface area contributed by atoms with Crippen LogP contribution in [0.15, 0.2) is 0 Å². The fourth-order valence-corrected chi connectivity index (χ4v) is 3.13. The number of likely N-dealkylation sites (tertiary alicyclic amines) is 1. The predicted molar refractivity (Wildman–Crippen MR) is 64.7 cm³/mol. The number of piperidine rings is 1. The van der Waals surface area contributed by atoms with Crippen LogP contribution in [0.4, 0.5) is 0 Å². The van der Waals surface area contributed by atoms with Gasteiger partial charge in [-0.1, -0.05) is 19.8 Å². The van der Waals surface area contributed by atoms with E-state index in [2.05, 4.69) is 18.7 Å². The van der Waals surface area contributed by atoms with Gasteiger partial charge in [0.1, 0.15) is 0 Å². The lowest BCUT2D eigenvalue weighted by molar-refractivity contribution is 0.0578. The first kappa shape index (κ1) is 11.4. The number of nitrogens with two attached hydrogens (primary N) is 1. The summed E-state index contributed by atoms with van der Waals surface area (Å²) < 4.78 is 0. The molecule has 2 nitrogen and oxygen atoms in total. The highest BCUT2D eigenvalue weighted by molar-refractivity contribution is 4.88. The summed E-state index contributed by atoms with van der Waals surface area (Å²) in [6, 6.07) is 1.20. The van der Waals surface area contributed by atoms with Gasteiger partial charge in [-0.3, -0.25) is 4.90 Å². The van der Waals surface area contributed by atoms with Gasteiger partial charge in [-0.15, -0.1) is 0 Å². The van der Waals surface area contributed by atoms with E-state index in [1.165, 1.54) is 38.6 Å². The van der Waals surface area contributed by atoms with Crippen molar-refractivity contribution >= 4 is 0 Å². The standard InChI is InChI=1S/C13H26N2/c1-3-11-7-13(14)9-15(8-11)10(2)12-5-4-6-12/h10-13H,3-9,14H2,1-2H3. The Labute approximate surface area is 94.2 Å². The number of nitrogens with zero attached hydrogens (tertiary/aromatic N) is 1. The van der Waals surface area contributed by atoms with Gasteiger partial charge in [0.15, 0.2) is 0 Å². The molecule has 1 aliphatic heterocycles. The van der Waals surface area contributed by atoms with E-state index >= 15 is 0 Å². The van der Waals surface area contributed by atoms with Gasteiger partial charge in [-0.25, -0.2) is 0 Å². The third kappa shape index (κ3) is 2.54. The highest BCUT2D eigenvalue weighted by Crippen LogP contribution is 2.33. The molecular formula is C13H26N2. The Morgan fingerprint density at radius 3 is 2.60 bits per heavy atom. The van der Waals surface area contributed by atoms with Crippen molar-refractivity contribution in [2.45, 2.75) is 58.0 Å². The van der Waals surface area contributed by atoms with Crippen LogP contribution in [0.25, 0.3) is 0 Å². The Hall–Kier alpha value is -0.0800. The third-order valence-electron chi connectivity index (χ3n) is 4.58. The molecule has 0 bridgehead atoms. The summed E-state index contributed by atoms with van der Waals surface area (Å²) in [5.74, 6) is 1.81. The van der Waals surface area contributed by atoms with E-state index in [9.17, 15) is 0 Å². The van der Waals surface area contributed by atoms with E-state index in [0.717, 1.165) is 24.4 Å². The molecular weight excluding hydrogens is 184 g/mol.